The van der Waals surface area contributed by atoms with Crippen molar-refractivity contribution in [1.82, 2.24) is 0 Å². The quantitative estimate of drug-likeness (QED) is 0.196. The lowest BCUT2D eigenvalue weighted by atomic mass is 10.0. The highest BCUT2D eigenvalue weighted by Crippen LogP contribution is 2.22. The highest BCUT2D eigenvalue weighted by atomic mass is 16.6. The van der Waals surface area contributed by atoms with E-state index in [0.717, 1.165) is 0 Å². The summed E-state index contributed by atoms with van der Waals surface area (Å²) in [5.41, 5.74) is -2.15. The van der Waals surface area contributed by atoms with Gasteiger partial charge in [0.15, 0.2) is 0 Å². The predicted molar refractivity (Wildman–Crippen MR) is 85.8 cm³/mol. The van der Waals surface area contributed by atoms with Gasteiger partial charge in [-0.1, -0.05) is 0 Å². The maximum absolute atomic E-state index is 12.2. The number of carbonyl (C=O) groups is 4. The first-order valence-electron chi connectivity index (χ1n) is 7.81. The van der Waals surface area contributed by atoms with Gasteiger partial charge in [-0.15, -0.1) is 0 Å². The fourth-order valence-corrected chi connectivity index (χ4v) is 1.64. The largest absolute Gasteiger partial charge is 0.501 e. The van der Waals surface area contributed by atoms with Crippen molar-refractivity contribution in [3.63, 3.8) is 0 Å². The lowest BCUT2D eigenvalue weighted by Crippen LogP contribution is -2.25. The van der Waals surface area contributed by atoms with Crippen molar-refractivity contribution in [2.75, 3.05) is 26.4 Å². The number of carbonyl (C=O) groups excluding carboxylic acids is 4. The number of aliphatic hydroxyl groups excluding tert-OH is 2. The second-order valence-corrected chi connectivity index (χ2v) is 4.33. The number of aliphatic hydroxyl groups is 2. The molecule has 0 atom stereocenters. The molecule has 0 amide bonds. The summed E-state index contributed by atoms with van der Waals surface area (Å²) >= 11 is 0. The Hall–Kier alpha value is -3.04. The summed E-state index contributed by atoms with van der Waals surface area (Å²) < 4.78 is 18.5. The Balaban J connectivity index is 6.61. The summed E-state index contributed by atoms with van der Waals surface area (Å²) in [5, 5.41) is 20.1. The first-order valence-corrected chi connectivity index (χ1v) is 7.81. The normalized spacial score (nSPS) is 12.3. The van der Waals surface area contributed by atoms with E-state index in [-0.39, 0.29) is 26.4 Å². The second kappa shape index (κ2) is 11.5. The molecule has 0 aromatic rings. The highest BCUT2D eigenvalue weighted by Gasteiger charge is 2.36. The Morgan fingerprint density at radius 3 is 1.00 bits per heavy atom. The lowest BCUT2D eigenvalue weighted by Gasteiger charge is -2.14. The molecule has 0 radical (unpaired) electrons. The van der Waals surface area contributed by atoms with Gasteiger partial charge in [-0.3, -0.25) is 0 Å². The minimum atomic E-state index is -1.37. The third kappa shape index (κ3) is 6.11. The Labute approximate surface area is 150 Å². The number of rotatable bonds is 9. The molecule has 0 aromatic heterocycles. The van der Waals surface area contributed by atoms with Crippen molar-refractivity contribution < 1.29 is 48.3 Å². The van der Waals surface area contributed by atoms with Gasteiger partial charge >= 0.3 is 23.9 Å². The highest BCUT2D eigenvalue weighted by molar-refractivity contribution is 6.14. The zero-order chi connectivity index (χ0) is 20.3. The lowest BCUT2D eigenvalue weighted by molar-refractivity contribution is -0.146. The molecule has 0 rings (SSSR count). The standard InChI is InChI=1S/C16H22O10/c1-5-23-13(19)9(11(17)15(21)25-7-3)10(14(20)24-6-2)12(18)16(22)26-8-4/h17-18H,5-8H2,1-4H3/b11-9-,12-10-. The zero-order valence-corrected chi connectivity index (χ0v) is 15.0. The van der Waals surface area contributed by atoms with E-state index < -0.39 is 46.5 Å². The van der Waals surface area contributed by atoms with Crippen molar-refractivity contribution >= 4 is 23.9 Å². The van der Waals surface area contributed by atoms with Crippen LogP contribution in [0.4, 0.5) is 0 Å². The fourth-order valence-electron chi connectivity index (χ4n) is 1.64. The summed E-state index contributed by atoms with van der Waals surface area (Å²) in [5.74, 6) is -8.09. The fraction of sp³-hybridized carbons (Fsp3) is 0.500. The first kappa shape index (κ1) is 23.0. The van der Waals surface area contributed by atoms with Crippen LogP contribution < -0.4 is 0 Å². The van der Waals surface area contributed by atoms with Crippen molar-refractivity contribution in [2.24, 2.45) is 0 Å². The molecule has 0 spiro atoms. The summed E-state index contributed by atoms with van der Waals surface area (Å²) in [7, 11) is 0. The molecule has 26 heavy (non-hydrogen) atoms. The van der Waals surface area contributed by atoms with Crippen LogP contribution in [0.5, 0.6) is 0 Å². The third-order valence-electron chi connectivity index (χ3n) is 2.62. The van der Waals surface area contributed by atoms with Crippen LogP contribution in [0.25, 0.3) is 0 Å². The van der Waals surface area contributed by atoms with Gasteiger partial charge in [0, 0.05) is 0 Å². The molecule has 10 nitrogen and oxygen atoms in total. The molecule has 0 aromatic carbocycles. The van der Waals surface area contributed by atoms with Gasteiger partial charge in [0.25, 0.3) is 0 Å². The monoisotopic (exact) mass is 374 g/mol. The minimum Gasteiger partial charge on any atom is -0.501 e. The van der Waals surface area contributed by atoms with Crippen LogP contribution in [0, 0.1) is 0 Å². The average Bonchev–Trinajstić information content (AvgIpc) is 2.59. The van der Waals surface area contributed by atoms with Gasteiger partial charge in [-0.25, -0.2) is 19.2 Å². The number of hydrogen-bond donors (Lipinski definition) is 2. The van der Waals surface area contributed by atoms with E-state index >= 15 is 0 Å². The van der Waals surface area contributed by atoms with Crippen molar-refractivity contribution in [2.45, 2.75) is 27.7 Å². The van der Waals surface area contributed by atoms with Gasteiger partial charge < -0.3 is 29.2 Å². The van der Waals surface area contributed by atoms with E-state index in [1.54, 1.807) is 0 Å². The molecule has 0 aliphatic rings. The van der Waals surface area contributed by atoms with E-state index in [4.69, 9.17) is 0 Å². The maximum atomic E-state index is 12.2. The van der Waals surface area contributed by atoms with Crippen LogP contribution in [0.3, 0.4) is 0 Å². The molecule has 2 N–H and O–H groups in total. The summed E-state index contributed by atoms with van der Waals surface area (Å²) in [6.07, 6.45) is 0. The van der Waals surface area contributed by atoms with Crippen LogP contribution in [-0.4, -0.2) is 60.5 Å². The molecule has 10 heteroatoms. The minimum absolute atomic E-state index is 0.151. The maximum Gasteiger partial charge on any atom is 0.374 e. The Morgan fingerprint density at radius 1 is 0.538 bits per heavy atom. The van der Waals surface area contributed by atoms with E-state index in [1.807, 2.05) is 0 Å². The Morgan fingerprint density at radius 2 is 0.769 bits per heavy atom. The van der Waals surface area contributed by atoms with Crippen molar-refractivity contribution in [3.8, 4) is 0 Å². The van der Waals surface area contributed by atoms with Crippen LogP contribution in [0.1, 0.15) is 27.7 Å². The molecule has 0 saturated carbocycles. The van der Waals surface area contributed by atoms with E-state index in [2.05, 4.69) is 18.9 Å². The van der Waals surface area contributed by atoms with Crippen LogP contribution >= 0.6 is 0 Å². The zero-order valence-electron chi connectivity index (χ0n) is 15.0. The Kier molecular flexibility index (Phi) is 10.2. The van der Waals surface area contributed by atoms with Gasteiger partial charge in [-0.05, 0) is 27.7 Å². The summed E-state index contributed by atoms with van der Waals surface area (Å²) in [4.78, 5) is 47.9. The van der Waals surface area contributed by atoms with E-state index in [9.17, 15) is 29.4 Å². The van der Waals surface area contributed by atoms with Gasteiger partial charge in [0.2, 0.25) is 11.5 Å². The van der Waals surface area contributed by atoms with Crippen LogP contribution in [0.2, 0.25) is 0 Å². The molecule has 0 fully saturated rings. The SMILES string of the molecule is CCOC(=O)/C(O)=C(C(=O)OCC)\C(C(=O)OCC)=C(\O)C(=O)OCC. The number of esters is 4. The molecule has 0 aliphatic heterocycles. The van der Waals surface area contributed by atoms with Gasteiger partial charge in [0.05, 0.1) is 26.4 Å². The first-order chi connectivity index (χ1) is 12.3. The van der Waals surface area contributed by atoms with Crippen molar-refractivity contribution in [1.29, 1.82) is 0 Å². The number of ether oxygens (including phenoxy) is 4. The Bertz CT molecular complexity index is 561. The average molecular weight is 374 g/mol. The van der Waals surface area contributed by atoms with Crippen LogP contribution in [0.15, 0.2) is 22.7 Å². The second-order valence-electron chi connectivity index (χ2n) is 4.33. The molecule has 146 valence electrons. The third-order valence-corrected chi connectivity index (χ3v) is 2.62. The predicted octanol–water partition coefficient (Wildman–Crippen LogP) is 0.863. The molecule has 0 unspecified atom stereocenters. The summed E-state index contributed by atoms with van der Waals surface area (Å²) in [6, 6.07) is 0. The van der Waals surface area contributed by atoms with Gasteiger partial charge in [0.1, 0.15) is 11.1 Å². The van der Waals surface area contributed by atoms with Gasteiger partial charge in [-0.2, -0.15) is 0 Å². The van der Waals surface area contributed by atoms with Crippen molar-refractivity contribution in [3.05, 3.63) is 22.7 Å². The van der Waals surface area contributed by atoms with E-state index in [0.29, 0.717) is 0 Å². The molecule has 0 heterocycles. The van der Waals surface area contributed by atoms with E-state index in [1.165, 1.54) is 27.7 Å². The topological polar surface area (TPSA) is 146 Å². The number of hydrogen-bond acceptors (Lipinski definition) is 10. The summed E-state index contributed by atoms with van der Waals surface area (Å²) in [6.45, 7) is 5.05. The van der Waals surface area contributed by atoms with Crippen LogP contribution in [-0.2, 0) is 38.1 Å². The molecule has 0 bridgehead atoms. The molecule has 0 saturated heterocycles. The molecular weight excluding hydrogens is 352 g/mol. The molecule has 0 aliphatic carbocycles. The molecular formula is C16H22O10. The smallest absolute Gasteiger partial charge is 0.374 e.